The molecular weight excluding hydrogens is 276 g/mol. The summed E-state index contributed by atoms with van der Waals surface area (Å²) >= 11 is 0. The average Bonchev–Trinajstić information content (AvgIpc) is 3.06. The number of aryl methyl sites for hydroxylation is 1. The van der Waals surface area contributed by atoms with Crippen LogP contribution >= 0.6 is 0 Å². The Labute approximate surface area is 128 Å². The largest absolute Gasteiger partial charge is 0.444 e. The molecule has 0 atom stereocenters. The van der Waals surface area contributed by atoms with Gasteiger partial charge in [-0.05, 0) is 43.2 Å². The Hall–Kier alpha value is -2.88. The van der Waals surface area contributed by atoms with Crippen molar-refractivity contribution in [3.05, 3.63) is 71.7 Å². The van der Waals surface area contributed by atoms with Gasteiger partial charge in [-0.2, -0.15) is 0 Å². The maximum Gasteiger partial charge on any atom is 0.255 e. The van der Waals surface area contributed by atoms with Crippen molar-refractivity contribution in [3.8, 4) is 11.3 Å². The monoisotopic (exact) mass is 292 g/mol. The van der Waals surface area contributed by atoms with Gasteiger partial charge in [0.2, 0.25) is 0 Å². The number of benzene rings is 2. The fraction of sp³-hybridized carbons (Fsp3) is 0.111. The number of carbonyl (C=O) groups excluding carboxylic acids is 1. The first-order valence-corrected chi connectivity index (χ1v) is 7.01. The van der Waals surface area contributed by atoms with E-state index < -0.39 is 0 Å². The summed E-state index contributed by atoms with van der Waals surface area (Å²) in [6.07, 6.45) is 3.03. The van der Waals surface area contributed by atoms with Crippen molar-refractivity contribution >= 4 is 11.6 Å². The minimum Gasteiger partial charge on any atom is -0.444 e. The Bertz CT molecular complexity index is 790. The van der Waals surface area contributed by atoms with E-state index in [2.05, 4.69) is 10.3 Å². The maximum absolute atomic E-state index is 12.3. The number of hydrogen-bond donors (Lipinski definition) is 1. The molecule has 1 heterocycles. The number of amides is 1. The molecule has 2 aromatic carbocycles. The first-order valence-electron chi connectivity index (χ1n) is 7.01. The standard InChI is InChI=1S/C18H16N2O2/c1-12-4-3-5-16(13(12)2)20-18(21)15-8-6-14(7-9-15)17-10-19-11-22-17/h3-11H,1-2H3,(H,20,21). The van der Waals surface area contributed by atoms with E-state index in [0.717, 1.165) is 22.4 Å². The van der Waals surface area contributed by atoms with Gasteiger partial charge in [-0.25, -0.2) is 4.98 Å². The summed E-state index contributed by atoms with van der Waals surface area (Å²) in [5, 5.41) is 2.95. The second kappa shape index (κ2) is 5.85. The van der Waals surface area contributed by atoms with Gasteiger partial charge < -0.3 is 9.73 Å². The molecule has 0 spiro atoms. The Morgan fingerprint density at radius 2 is 1.86 bits per heavy atom. The first kappa shape index (κ1) is 14.1. The molecule has 0 aliphatic heterocycles. The van der Waals surface area contributed by atoms with Crippen molar-refractivity contribution in [2.75, 3.05) is 5.32 Å². The van der Waals surface area contributed by atoms with Crippen LogP contribution in [0.25, 0.3) is 11.3 Å². The SMILES string of the molecule is Cc1cccc(NC(=O)c2ccc(-c3cnco3)cc2)c1C. The highest BCUT2D eigenvalue weighted by atomic mass is 16.3. The average molecular weight is 292 g/mol. The normalized spacial score (nSPS) is 10.5. The molecule has 1 N–H and O–H groups in total. The van der Waals surface area contributed by atoms with Crippen LogP contribution in [-0.4, -0.2) is 10.9 Å². The van der Waals surface area contributed by atoms with Crippen LogP contribution in [0, 0.1) is 13.8 Å². The lowest BCUT2D eigenvalue weighted by atomic mass is 10.1. The lowest BCUT2D eigenvalue weighted by molar-refractivity contribution is 0.102. The number of anilines is 1. The number of nitrogens with zero attached hydrogens (tertiary/aromatic N) is 1. The quantitative estimate of drug-likeness (QED) is 0.786. The number of rotatable bonds is 3. The van der Waals surface area contributed by atoms with E-state index in [1.807, 2.05) is 44.2 Å². The van der Waals surface area contributed by atoms with Gasteiger partial charge in [0.05, 0.1) is 6.20 Å². The Morgan fingerprint density at radius 3 is 2.55 bits per heavy atom. The number of nitrogens with one attached hydrogen (secondary N) is 1. The van der Waals surface area contributed by atoms with Gasteiger partial charge in [-0.1, -0.05) is 24.3 Å². The van der Waals surface area contributed by atoms with Crippen LogP contribution in [0.4, 0.5) is 5.69 Å². The second-order valence-corrected chi connectivity index (χ2v) is 5.14. The maximum atomic E-state index is 12.3. The smallest absolute Gasteiger partial charge is 0.255 e. The number of oxazole rings is 1. The Balaban J connectivity index is 1.79. The van der Waals surface area contributed by atoms with E-state index in [1.54, 1.807) is 18.3 Å². The molecule has 0 aliphatic rings. The first-order chi connectivity index (χ1) is 10.6. The van der Waals surface area contributed by atoms with Gasteiger partial charge in [0.15, 0.2) is 12.2 Å². The van der Waals surface area contributed by atoms with Crippen molar-refractivity contribution in [3.63, 3.8) is 0 Å². The van der Waals surface area contributed by atoms with Crippen molar-refractivity contribution in [2.45, 2.75) is 13.8 Å². The molecule has 0 unspecified atom stereocenters. The van der Waals surface area contributed by atoms with E-state index in [1.165, 1.54) is 6.39 Å². The minimum atomic E-state index is -0.127. The molecule has 0 radical (unpaired) electrons. The summed E-state index contributed by atoms with van der Waals surface area (Å²) in [7, 11) is 0. The van der Waals surface area contributed by atoms with E-state index in [9.17, 15) is 4.79 Å². The third kappa shape index (κ3) is 2.76. The van der Waals surface area contributed by atoms with E-state index in [0.29, 0.717) is 11.3 Å². The Kier molecular flexibility index (Phi) is 3.74. The van der Waals surface area contributed by atoms with Crippen LogP contribution in [0.15, 0.2) is 59.5 Å². The summed E-state index contributed by atoms with van der Waals surface area (Å²) in [6.45, 7) is 4.02. The molecule has 3 rings (SSSR count). The molecule has 4 heteroatoms. The molecule has 22 heavy (non-hydrogen) atoms. The van der Waals surface area contributed by atoms with Gasteiger partial charge in [-0.3, -0.25) is 4.79 Å². The molecule has 0 fully saturated rings. The van der Waals surface area contributed by atoms with Crippen LogP contribution in [0.3, 0.4) is 0 Å². The minimum absolute atomic E-state index is 0.127. The third-order valence-electron chi connectivity index (χ3n) is 3.72. The van der Waals surface area contributed by atoms with E-state index in [-0.39, 0.29) is 5.91 Å². The zero-order valence-corrected chi connectivity index (χ0v) is 12.5. The van der Waals surface area contributed by atoms with Crippen molar-refractivity contribution in [2.24, 2.45) is 0 Å². The van der Waals surface area contributed by atoms with Crippen LogP contribution in [0.5, 0.6) is 0 Å². The van der Waals surface area contributed by atoms with Crippen LogP contribution in [0.1, 0.15) is 21.5 Å². The van der Waals surface area contributed by atoms with Crippen molar-refractivity contribution in [1.29, 1.82) is 0 Å². The predicted molar refractivity (Wildman–Crippen MR) is 85.8 cm³/mol. The highest BCUT2D eigenvalue weighted by molar-refractivity contribution is 6.04. The zero-order chi connectivity index (χ0) is 15.5. The Morgan fingerprint density at radius 1 is 1.09 bits per heavy atom. The van der Waals surface area contributed by atoms with Crippen LogP contribution in [-0.2, 0) is 0 Å². The fourth-order valence-corrected chi connectivity index (χ4v) is 2.23. The molecule has 110 valence electrons. The summed E-state index contributed by atoms with van der Waals surface area (Å²) in [4.78, 5) is 16.2. The highest BCUT2D eigenvalue weighted by Crippen LogP contribution is 2.21. The van der Waals surface area contributed by atoms with Gasteiger partial charge in [-0.15, -0.1) is 0 Å². The zero-order valence-electron chi connectivity index (χ0n) is 12.5. The van der Waals surface area contributed by atoms with Crippen molar-refractivity contribution < 1.29 is 9.21 Å². The summed E-state index contributed by atoms with van der Waals surface area (Å²) in [6, 6.07) is 13.1. The predicted octanol–water partition coefficient (Wildman–Crippen LogP) is 4.21. The lowest BCUT2D eigenvalue weighted by Crippen LogP contribution is -2.12. The fourth-order valence-electron chi connectivity index (χ4n) is 2.23. The number of aromatic nitrogens is 1. The summed E-state index contributed by atoms with van der Waals surface area (Å²) in [5.74, 6) is 0.555. The van der Waals surface area contributed by atoms with Gasteiger partial charge in [0.1, 0.15) is 0 Å². The van der Waals surface area contributed by atoms with E-state index in [4.69, 9.17) is 4.42 Å². The van der Waals surface area contributed by atoms with Gasteiger partial charge in [0, 0.05) is 16.8 Å². The summed E-state index contributed by atoms with van der Waals surface area (Å²) in [5.41, 5.74) is 4.56. The molecule has 4 nitrogen and oxygen atoms in total. The molecule has 1 amide bonds. The van der Waals surface area contributed by atoms with Crippen LogP contribution < -0.4 is 5.32 Å². The molecule has 0 bridgehead atoms. The topological polar surface area (TPSA) is 55.1 Å². The highest BCUT2D eigenvalue weighted by Gasteiger charge is 2.09. The van der Waals surface area contributed by atoms with Crippen molar-refractivity contribution in [1.82, 2.24) is 4.98 Å². The van der Waals surface area contributed by atoms with Gasteiger partial charge >= 0.3 is 0 Å². The molecule has 3 aromatic rings. The number of hydrogen-bond acceptors (Lipinski definition) is 3. The number of carbonyl (C=O) groups is 1. The second-order valence-electron chi connectivity index (χ2n) is 5.14. The molecule has 0 aliphatic carbocycles. The molecule has 1 aromatic heterocycles. The molecular formula is C18H16N2O2. The van der Waals surface area contributed by atoms with Gasteiger partial charge in [0.25, 0.3) is 5.91 Å². The molecule has 0 saturated carbocycles. The molecule has 0 saturated heterocycles. The third-order valence-corrected chi connectivity index (χ3v) is 3.72. The summed E-state index contributed by atoms with van der Waals surface area (Å²) < 4.78 is 5.23. The lowest BCUT2D eigenvalue weighted by Gasteiger charge is -2.10. The van der Waals surface area contributed by atoms with Crippen LogP contribution in [0.2, 0.25) is 0 Å². The van der Waals surface area contributed by atoms with E-state index >= 15 is 0 Å².